The number of nitro benzene ring substituents is 1. The summed E-state index contributed by atoms with van der Waals surface area (Å²) in [7, 11) is 1.59. The van der Waals surface area contributed by atoms with Crippen LogP contribution in [0.15, 0.2) is 54.6 Å². The van der Waals surface area contributed by atoms with Crippen LogP contribution >= 0.6 is 0 Å². The highest BCUT2D eigenvalue weighted by Gasteiger charge is 2.21. The second-order valence-corrected chi connectivity index (χ2v) is 6.09. The van der Waals surface area contributed by atoms with Gasteiger partial charge in [0.1, 0.15) is 5.75 Å². The number of esters is 1. The monoisotopic (exact) mass is 380 g/mol. The summed E-state index contributed by atoms with van der Waals surface area (Å²) in [5, 5.41) is 11.0. The van der Waals surface area contributed by atoms with Crippen molar-refractivity contribution in [3.8, 4) is 22.7 Å². The lowest BCUT2D eigenvalue weighted by molar-refractivity contribution is -0.384. The molecular weight excluding hydrogens is 360 g/mol. The molecule has 1 aromatic heterocycles. The third-order valence-electron chi connectivity index (χ3n) is 4.45. The molecular formula is C21H20N2O5. The third-order valence-corrected chi connectivity index (χ3v) is 4.45. The standard InChI is InChI=1S/C21H20N2O5/c1-4-28-21(24)19-13-20(15-5-11-18(27-3)12-6-15)22(14(19)2)16-7-9-17(10-8-16)23(25)26/h5-13H,4H2,1-3H3. The first-order valence-corrected chi connectivity index (χ1v) is 8.75. The lowest BCUT2D eigenvalue weighted by atomic mass is 10.1. The predicted octanol–water partition coefficient (Wildman–Crippen LogP) is 4.55. The van der Waals surface area contributed by atoms with E-state index in [1.54, 1.807) is 32.2 Å². The molecule has 28 heavy (non-hydrogen) atoms. The number of nitro groups is 1. The van der Waals surface area contributed by atoms with E-state index < -0.39 is 10.9 Å². The van der Waals surface area contributed by atoms with Crippen LogP contribution in [-0.2, 0) is 4.74 Å². The summed E-state index contributed by atoms with van der Waals surface area (Å²) in [5.41, 5.74) is 3.51. The van der Waals surface area contributed by atoms with Gasteiger partial charge in [0, 0.05) is 23.5 Å². The van der Waals surface area contributed by atoms with E-state index in [1.807, 2.05) is 35.8 Å². The van der Waals surface area contributed by atoms with Gasteiger partial charge in [0.05, 0.1) is 29.9 Å². The number of non-ortho nitro benzene ring substituents is 1. The summed E-state index contributed by atoms with van der Waals surface area (Å²) in [6.45, 7) is 3.85. The molecule has 1 heterocycles. The minimum atomic E-state index is -0.444. The van der Waals surface area contributed by atoms with E-state index in [9.17, 15) is 14.9 Å². The van der Waals surface area contributed by atoms with Gasteiger partial charge >= 0.3 is 5.97 Å². The van der Waals surface area contributed by atoms with Gasteiger partial charge in [-0.1, -0.05) is 0 Å². The molecule has 0 saturated carbocycles. The fraction of sp³-hybridized carbons (Fsp3) is 0.190. The smallest absolute Gasteiger partial charge is 0.339 e. The van der Waals surface area contributed by atoms with Crippen molar-refractivity contribution in [1.29, 1.82) is 0 Å². The molecule has 0 N–H and O–H groups in total. The highest BCUT2D eigenvalue weighted by molar-refractivity contribution is 5.93. The van der Waals surface area contributed by atoms with E-state index in [-0.39, 0.29) is 12.3 Å². The van der Waals surface area contributed by atoms with Crippen LogP contribution in [0.5, 0.6) is 5.75 Å². The minimum Gasteiger partial charge on any atom is -0.497 e. The molecule has 0 unspecified atom stereocenters. The first-order valence-electron chi connectivity index (χ1n) is 8.75. The Morgan fingerprint density at radius 2 is 1.75 bits per heavy atom. The second kappa shape index (κ2) is 7.96. The van der Waals surface area contributed by atoms with Crippen molar-refractivity contribution in [2.75, 3.05) is 13.7 Å². The van der Waals surface area contributed by atoms with Gasteiger partial charge in [-0.15, -0.1) is 0 Å². The van der Waals surface area contributed by atoms with Gasteiger partial charge < -0.3 is 14.0 Å². The summed E-state index contributed by atoms with van der Waals surface area (Å²) in [4.78, 5) is 22.9. The molecule has 2 aromatic carbocycles. The number of ether oxygens (including phenoxy) is 2. The first kappa shape index (κ1) is 19.2. The largest absolute Gasteiger partial charge is 0.497 e. The van der Waals surface area contributed by atoms with Gasteiger partial charge in [0.25, 0.3) is 5.69 Å². The Bertz CT molecular complexity index is 1000. The van der Waals surface area contributed by atoms with Crippen molar-refractivity contribution in [1.82, 2.24) is 4.57 Å². The molecule has 0 aliphatic heterocycles. The number of hydrogen-bond acceptors (Lipinski definition) is 5. The molecule has 144 valence electrons. The molecule has 7 heteroatoms. The highest BCUT2D eigenvalue weighted by Crippen LogP contribution is 2.31. The fourth-order valence-corrected chi connectivity index (χ4v) is 3.05. The number of rotatable bonds is 6. The molecule has 0 aliphatic rings. The number of methoxy groups -OCH3 is 1. The van der Waals surface area contributed by atoms with Crippen molar-refractivity contribution in [3.05, 3.63) is 76.0 Å². The predicted molar refractivity (Wildman–Crippen MR) is 105 cm³/mol. The summed E-state index contributed by atoms with van der Waals surface area (Å²) in [6.07, 6.45) is 0. The Labute approximate surface area is 162 Å². The van der Waals surface area contributed by atoms with Gasteiger partial charge in [-0.3, -0.25) is 10.1 Å². The highest BCUT2D eigenvalue weighted by atomic mass is 16.6. The molecule has 7 nitrogen and oxygen atoms in total. The van der Waals surface area contributed by atoms with E-state index in [0.29, 0.717) is 16.9 Å². The molecule has 0 spiro atoms. The third kappa shape index (κ3) is 3.59. The zero-order valence-corrected chi connectivity index (χ0v) is 15.8. The molecule has 0 fully saturated rings. The summed E-state index contributed by atoms with van der Waals surface area (Å²) < 4.78 is 12.3. The quantitative estimate of drug-likeness (QED) is 0.356. The van der Waals surface area contributed by atoms with Crippen LogP contribution in [0.25, 0.3) is 16.9 Å². The molecule has 0 aliphatic carbocycles. The molecule has 0 radical (unpaired) electrons. The molecule has 0 saturated heterocycles. The average molecular weight is 380 g/mol. The maximum absolute atomic E-state index is 12.4. The van der Waals surface area contributed by atoms with Crippen LogP contribution in [0.4, 0.5) is 5.69 Å². The fourth-order valence-electron chi connectivity index (χ4n) is 3.05. The SMILES string of the molecule is CCOC(=O)c1cc(-c2ccc(OC)cc2)n(-c2ccc([N+](=O)[O-])cc2)c1C. The molecule has 0 bridgehead atoms. The number of nitrogens with zero attached hydrogens (tertiary/aromatic N) is 2. The summed E-state index contributed by atoms with van der Waals surface area (Å²) in [5.74, 6) is 0.315. The van der Waals surface area contributed by atoms with Crippen LogP contribution in [0.2, 0.25) is 0 Å². The minimum absolute atomic E-state index is 0.00479. The molecule has 3 aromatic rings. The molecule has 3 rings (SSSR count). The number of aromatic nitrogens is 1. The number of carbonyl (C=O) groups excluding carboxylic acids is 1. The molecule has 0 amide bonds. The van der Waals surface area contributed by atoms with Crippen molar-refractivity contribution in [3.63, 3.8) is 0 Å². The van der Waals surface area contributed by atoms with Gasteiger partial charge in [0.15, 0.2) is 0 Å². The Morgan fingerprint density at radius 3 is 2.29 bits per heavy atom. The summed E-state index contributed by atoms with van der Waals surface area (Å²) >= 11 is 0. The second-order valence-electron chi connectivity index (χ2n) is 6.09. The van der Waals surface area contributed by atoms with Crippen LogP contribution in [0.3, 0.4) is 0 Å². The van der Waals surface area contributed by atoms with Crippen molar-refractivity contribution in [2.24, 2.45) is 0 Å². The van der Waals surface area contributed by atoms with Crippen molar-refractivity contribution < 1.29 is 19.2 Å². The zero-order chi connectivity index (χ0) is 20.3. The van der Waals surface area contributed by atoms with Gasteiger partial charge in [-0.2, -0.15) is 0 Å². The number of carbonyl (C=O) groups is 1. The van der Waals surface area contributed by atoms with Gasteiger partial charge in [-0.25, -0.2) is 4.79 Å². The van der Waals surface area contributed by atoms with E-state index >= 15 is 0 Å². The topological polar surface area (TPSA) is 83.6 Å². The maximum Gasteiger partial charge on any atom is 0.339 e. The lowest BCUT2D eigenvalue weighted by Crippen LogP contribution is -2.07. The van der Waals surface area contributed by atoms with Crippen LogP contribution in [0.1, 0.15) is 23.0 Å². The summed E-state index contributed by atoms with van der Waals surface area (Å²) in [6, 6.07) is 15.4. The number of hydrogen-bond donors (Lipinski definition) is 0. The van der Waals surface area contributed by atoms with Gasteiger partial charge in [-0.05, 0) is 61.9 Å². The van der Waals surface area contributed by atoms with E-state index in [0.717, 1.165) is 17.0 Å². The first-order chi connectivity index (χ1) is 13.5. The Hall–Kier alpha value is -3.61. The normalized spacial score (nSPS) is 10.5. The van der Waals surface area contributed by atoms with E-state index in [1.165, 1.54) is 12.1 Å². The zero-order valence-electron chi connectivity index (χ0n) is 15.8. The molecule has 0 atom stereocenters. The number of benzene rings is 2. The Morgan fingerprint density at radius 1 is 1.11 bits per heavy atom. The van der Waals surface area contributed by atoms with Crippen molar-refractivity contribution in [2.45, 2.75) is 13.8 Å². The van der Waals surface area contributed by atoms with Gasteiger partial charge in [0.2, 0.25) is 0 Å². The van der Waals surface area contributed by atoms with E-state index in [2.05, 4.69) is 0 Å². The van der Waals surface area contributed by atoms with Crippen molar-refractivity contribution >= 4 is 11.7 Å². The van der Waals surface area contributed by atoms with Crippen LogP contribution < -0.4 is 4.74 Å². The average Bonchev–Trinajstić information content (AvgIpc) is 3.05. The van der Waals surface area contributed by atoms with E-state index in [4.69, 9.17) is 9.47 Å². The van der Waals surface area contributed by atoms with Crippen LogP contribution in [-0.4, -0.2) is 29.2 Å². The maximum atomic E-state index is 12.4. The Kier molecular flexibility index (Phi) is 5.44. The van der Waals surface area contributed by atoms with Crippen LogP contribution in [0, 0.1) is 17.0 Å². The Balaban J connectivity index is 2.17. The lowest BCUT2D eigenvalue weighted by Gasteiger charge is -2.12.